The van der Waals surface area contributed by atoms with Crippen LogP contribution in [-0.2, 0) is 10.0 Å². The monoisotopic (exact) mass is 274 g/mol. The smallest absolute Gasteiger partial charge is 0.243 e. The summed E-state index contributed by atoms with van der Waals surface area (Å²) in [6, 6.07) is 1.04. The van der Waals surface area contributed by atoms with Crippen molar-refractivity contribution < 1.29 is 17.2 Å². The van der Waals surface area contributed by atoms with Crippen LogP contribution in [0.3, 0.4) is 0 Å². The van der Waals surface area contributed by atoms with Crippen molar-refractivity contribution in [2.24, 2.45) is 0 Å². The second kappa shape index (κ2) is 5.33. The van der Waals surface area contributed by atoms with Crippen LogP contribution in [0.4, 0.5) is 14.5 Å². The second-order valence-electron chi connectivity index (χ2n) is 3.70. The van der Waals surface area contributed by atoms with Crippen LogP contribution < -0.4 is 10.5 Å². The van der Waals surface area contributed by atoms with Gasteiger partial charge in [-0.2, -0.15) is 0 Å². The van der Waals surface area contributed by atoms with Crippen LogP contribution in [0.5, 0.6) is 0 Å². The Kier molecular flexibility index (Phi) is 4.27. The number of rotatable bonds is 4. The lowest BCUT2D eigenvalue weighted by Crippen LogP contribution is -2.33. The lowest BCUT2D eigenvalue weighted by molar-refractivity contribution is 0.539. The van der Waals surface area contributed by atoms with Gasteiger partial charge in [0.2, 0.25) is 10.0 Å². The zero-order valence-electron chi connectivity index (χ0n) is 9.57. The van der Waals surface area contributed by atoms with Crippen LogP contribution in [0.2, 0.25) is 0 Å². The summed E-state index contributed by atoms with van der Waals surface area (Å²) in [5.41, 5.74) is 4.26. The first-order valence-electron chi connectivity index (χ1n) is 4.99. The lowest BCUT2D eigenvalue weighted by Gasteiger charge is -2.13. The van der Waals surface area contributed by atoms with Crippen molar-refractivity contribution >= 4 is 15.7 Å². The summed E-state index contributed by atoms with van der Waals surface area (Å²) >= 11 is 0. The Labute approximate surface area is 104 Å². The Morgan fingerprint density at radius 2 is 2.11 bits per heavy atom. The Morgan fingerprint density at radius 3 is 2.67 bits per heavy atom. The summed E-state index contributed by atoms with van der Waals surface area (Å²) in [7, 11) is -4.12. The van der Waals surface area contributed by atoms with Gasteiger partial charge in [-0.15, -0.1) is 12.3 Å². The number of anilines is 1. The second-order valence-corrected chi connectivity index (χ2v) is 5.39. The average Bonchev–Trinajstić information content (AvgIpc) is 2.25. The third kappa shape index (κ3) is 2.97. The number of terminal acetylenes is 1. The minimum atomic E-state index is -4.12. The Hall–Kier alpha value is -1.65. The molecular formula is C11H12F2N2O2S. The van der Waals surface area contributed by atoms with E-state index in [1.165, 1.54) is 6.92 Å². The highest BCUT2D eigenvalue weighted by Gasteiger charge is 2.23. The molecule has 1 atom stereocenters. The Morgan fingerprint density at radius 1 is 1.50 bits per heavy atom. The van der Waals surface area contributed by atoms with E-state index in [1.807, 2.05) is 0 Å². The minimum Gasteiger partial charge on any atom is -0.394 e. The lowest BCUT2D eigenvalue weighted by atomic mass is 10.3. The number of nitrogen functional groups attached to an aromatic ring is 1. The zero-order chi connectivity index (χ0) is 13.9. The van der Waals surface area contributed by atoms with E-state index in [4.69, 9.17) is 12.2 Å². The highest BCUT2D eigenvalue weighted by molar-refractivity contribution is 7.89. The van der Waals surface area contributed by atoms with Crippen molar-refractivity contribution in [2.75, 3.05) is 5.73 Å². The molecule has 1 unspecified atom stereocenters. The van der Waals surface area contributed by atoms with E-state index >= 15 is 0 Å². The van der Waals surface area contributed by atoms with E-state index < -0.39 is 38.3 Å². The molecule has 4 nitrogen and oxygen atoms in total. The van der Waals surface area contributed by atoms with Gasteiger partial charge in [0.25, 0.3) is 0 Å². The van der Waals surface area contributed by atoms with Crippen molar-refractivity contribution in [1.29, 1.82) is 0 Å². The molecule has 98 valence electrons. The van der Waals surface area contributed by atoms with Crippen LogP contribution in [0.1, 0.15) is 13.3 Å². The summed E-state index contributed by atoms with van der Waals surface area (Å²) in [5.74, 6) is -0.0496. The van der Waals surface area contributed by atoms with Gasteiger partial charge in [0.05, 0.1) is 0 Å². The number of halogens is 2. The maximum Gasteiger partial charge on any atom is 0.243 e. The van der Waals surface area contributed by atoms with Crippen LogP contribution >= 0.6 is 0 Å². The fourth-order valence-electron chi connectivity index (χ4n) is 1.30. The minimum absolute atomic E-state index is 0.150. The summed E-state index contributed by atoms with van der Waals surface area (Å²) in [6.07, 6.45) is 5.18. The molecule has 3 N–H and O–H groups in total. The topological polar surface area (TPSA) is 72.2 Å². The molecule has 0 aromatic heterocycles. The first-order valence-corrected chi connectivity index (χ1v) is 6.47. The zero-order valence-corrected chi connectivity index (χ0v) is 10.4. The van der Waals surface area contributed by atoms with Crippen LogP contribution in [0.25, 0.3) is 0 Å². The van der Waals surface area contributed by atoms with Crippen LogP contribution in [0, 0.1) is 24.0 Å². The van der Waals surface area contributed by atoms with Gasteiger partial charge < -0.3 is 5.73 Å². The van der Waals surface area contributed by atoms with Gasteiger partial charge in [0, 0.05) is 12.5 Å². The maximum atomic E-state index is 13.6. The van der Waals surface area contributed by atoms with Crippen molar-refractivity contribution in [3.8, 4) is 12.3 Å². The molecule has 0 saturated heterocycles. The van der Waals surface area contributed by atoms with Gasteiger partial charge >= 0.3 is 0 Å². The van der Waals surface area contributed by atoms with E-state index in [2.05, 4.69) is 10.6 Å². The number of sulfonamides is 1. The molecule has 18 heavy (non-hydrogen) atoms. The van der Waals surface area contributed by atoms with Crippen molar-refractivity contribution in [3.05, 3.63) is 23.8 Å². The third-order valence-electron chi connectivity index (χ3n) is 2.16. The van der Waals surface area contributed by atoms with E-state index in [1.54, 1.807) is 0 Å². The van der Waals surface area contributed by atoms with E-state index in [9.17, 15) is 17.2 Å². The predicted molar refractivity (Wildman–Crippen MR) is 64.0 cm³/mol. The molecule has 0 fully saturated rings. The molecule has 0 aliphatic carbocycles. The maximum absolute atomic E-state index is 13.6. The molecular weight excluding hydrogens is 262 g/mol. The molecule has 7 heteroatoms. The quantitative estimate of drug-likeness (QED) is 0.641. The normalized spacial score (nSPS) is 13.0. The summed E-state index contributed by atoms with van der Waals surface area (Å²) in [5, 5.41) is 0. The third-order valence-corrected chi connectivity index (χ3v) is 3.77. The predicted octanol–water partition coefficient (Wildman–Crippen LogP) is 1.24. The molecule has 0 saturated carbocycles. The summed E-state index contributed by atoms with van der Waals surface area (Å²) < 4.78 is 52.3. The van der Waals surface area contributed by atoms with E-state index in [-0.39, 0.29) is 6.42 Å². The van der Waals surface area contributed by atoms with Gasteiger partial charge in [-0.1, -0.05) is 0 Å². The van der Waals surface area contributed by atoms with Crippen molar-refractivity contribution in [2.45, 2.75) is 24.3 Å². The Bertz CT molecular complexity index is 594. The number of hydrogen-bond acceptors (Lipinski definition) is 3. The van der Waals surface area contributed by atoms with Gasteiger partial charge in [-0.25, -0.2) is 21.9 Å². The first-order chi connectivity index (χ1) is 8.29. The van der Waals surface area contributed by atoms with Crippen LogP contribution in [0.15, 0.2) is 17.0 Å². The number of benzene rings is 1. The molecule has 0 radical (unpaired) electrons. The molecule has 1 aromatic rings. The number of nitrogens with one attached hydrogen (secondary N) is 1. The highest BCUT2D eigenvalue weighted by atomic mass is 32.2. The molecule has 0 aliphatic rings. The molecule has 0 aliphatic heterocycles. The highest BCUT2D eigenvalue weighted by Crippen LogP contribution is 2.22. The van der Waals surface area contributed by atoms with Gasteiger partial charge in [0.15, 0.2) is 5.82 Å². The summed E-state index contributed by atoms with van der Waals surface area (Å²) in [6.45, 7) is 1.53. The van der Waals surface area contributed by atoms with Gasteiger partial charge in [0.1, 0.15) is 16.4 Å². The summed E-state index contributed by atoms with van der Waals surface area (Å²) in [4.78, 5) is -0.703. The molecule has 0 amide bonds. The first kappa shape index (κ1) is 14.4. The number of hydrogen-bond donors (Lipinski definition) is 2. The van der Waals surface area contributed by atoms with E-state index in [0.717, 1.165) is 12.1 Å². The fourth-order valence-corrected chi connectivity index (χ4v) is 2.64. The average molecular weight is 274 g/mol. The van der Waals surface area contributed by atoms with Crippen molar-refractivity contribution in [3.63, 3.8) is 0 Å². The molecule has 1 aromatic carbocycles. The fraction of sp³-hybridized carbons (Fsp3) is 0.273. The Balaban J connectivity index is 3.15. The molecule has 0 heterocycles. The van der Waals surface area contributed by atoms with Crippen molar-refractivity contribution in [1.82, 2.24) is 4.72 Å². The molecule has 0 spiro atoms. The standard InChI is InChI=1S/C11H12F2N2O2S/c1-3-4-7(2)15-18(16,17)9-6-5-8(12)11(14)10(9)13/h1,5-7,15H,4,14H2,2H3. The largest absolute Gasteiger partial charge is 0.394 e. The van der Waals surface area contributed by atoms with Gasteiger partial charge in [-0.3, -0.25) is 0 Å². The SMILES string of the molecule is C#CCC(C)NS(=O)(=O)c1ccc(F)c(N)c1F. The molecule has 1 rings (SSSR count). The van der Waals surface area contributed by atoms with E-state index in [0.29, 0.717) is 0 Å². The number of nitrogens with two attached hydrogens (primary N) is 1. The van der Waals surface area contributed by atoms with Crippen LogP contribution in [-0.4, -0.2) is 14.5 Å². The molecule has 0 bridgehead atoms. The van der Waals surface area contributed by atoms with Gasteiger partial charge in [-0.05, 0) is 19.1 Å².